The summed E-state index contributed by atoms with van der Waals surface area (Å²) in [5.74, 6) is -8.02. The Hall–Kier alpha value is -3.16. The summed E-state index contributed by atoms with van der Waals surface area (Å²) in [4.78, 5) is 0. The zero-order valence-electron chi connectivity index (χ0n) is 19.9. The molecular formula is C28H26F6O2. The third kappa shape index (κ3) is 4.77. The molecule has 0 aromatic heterocycles. The van der Waals surface area contributed by atoms with E-state index in [2.05, 4.69) is 0 Å². The van der Waals surface area contributed by atoms with Crippen LogP contribution in [0.2, 0.25) is 0 Å². The largest absolute Gasteiger partial charge is 0.491 e. The van der Waals surface area contributed by atoms with Crippen molar-refractivity contribution in [2.45, 2.75) is 51.4 Å². The van der Waals surface area contributed by atoms with Crippen LogP contribution in [0.25, 0.3) is 11.1 Å². The Morgan fingerprint density at radius 1 is 0.528 bits per heavy atom. The second-order valence-electron chi connectivity index (χ2n) is 8.77. The summed E-state index contributed by atoms with van der Waals surface area (Å²) in [6, 6.07) is 7.85. The lowest BCUT2D eigenvalue weighted by Crippen LogP contribution is -2.15. The highest BCUT2D eigenvalue weighted by molar-refractivity contribution is 5.66. The van der Waals surface area contributed by atoms with Crippen LogP contribution in [-0.2, 0) is 0 Å². The van der Waals surface area contributed by atoms with Crippen LogP contribution in [0.4, 0.5) is 26.3 Å². The first-order chi connectivity index (χ1) is 17.3. The SMILES string of the molecule is CCOc1ccc(-c2ccc(C3CCC(c4ccc(OCC)c(F)c4F)CC3)c(F)c2F)c(F)c1F. The van der Waals surface area contributed by atoms with E-state index >= 15 is 8.78 Å². The van der Waals surface area contributed by atoms with E-state index in [1.807, 2.05) is 0 Å². The van der Waals surface area contributed by atoms with Crippen LogP contribution in [0.1, 0.15) is 62.5 Å². The van der Waals surface area contributed by atoms with Crippen LogP contribution in [0.3, 0.4) is 0 Å². The van der Waals surface area contributed by atoms with Gasteiger partial charge in [0.05, 0.1) is 13.2 Å². The van der Waals surface area contributed by atoms with Crippen molar-refractivity contribution < 1.29 is 35.8 Å². The number of rotatable bonds is 7. The third-order valence-corrected chi connectivity index (χ3v) is 6.73. The highest BCUT2D eigenvalue weighted by Crippen LogP contribution is 2.44. The lowest BCUT2D eigenvalue weighted by atomic mass is 9.75. The van der Waals surface area contributed by atoms with Crippen LogP contribution < -0.4 is 9.47 Å². The average molecular weight is 509 g/mol. The van der Waals surface area contributed by atoms with E-state index < -0.39 is 46.0 Å². The second-order valence-corrected chi connectivity index (χ2v) is 8.77. The predicted octanol–water partition coefficient (Wildman–Crippen LogP) is 8.43. The van der Waals surface area contributed by atoms with Gasteiger partial charge >= 0.3 is 0 Å². The Balaban J connectivity index is 1.53. The Morgan fingerprint density at radius 3 is 1.39 bits per heavy atom. The Morgan fingerprint density at radius 2 is 0.889 bits per heavy atom. The van der Waals surface area contributed by atoms with Crippen molar-refractivity contribution in [1.29, 1.82) is 0 Å². The average Bonchev–Trinajstić information content (AvgIpc) is 2.88. The van der Waals surface area contributed by atoms with Gasteiger partial charge in [-0.3, -0.25) is 0 Å². The maximum absolute atomic E-state index is 15.1. The van der Waals surface area contributed by atoms with Gasteiger partial charge in [0.1, 0.15) is 0 Å². The lowest BCUT2D eigenvalue weighted by molar-refractivity contribution is 0.310. The summed E-state index contributed by atoms with van der Waals surface area (Å²) in [6.07, 6.45) is 1.77. The molecule has 0 atom stereocenters. The monoisotopic (exact) mass is 508 g/mol. The van der Waals surface area contributed by atoms with Gasteiger partial charge in [-0.25, -0.2) is 17.6 Å². The standard InChI is InChI=1S/C28H26F6O2/c1-3-35-21-13-11-18(24(30)27(21)33)16-7-5-15(6-8-16)17-9-10-19(25(31)23(17)29)20-12-14-22(36-4-2)28(34)26(20)32/h9-16H,3-8H2,1-2H3. The number of ether oxygens (including phenoxy) is 2. The van der Waals surface area contributed by atoms with Gasteiger partial charge in [-0.05, 0) is 80.7 Å². The molecule has 0 N–H and O–H groups in total. The van der Waals surface area contributed by atoms with Gasteiger partial charge in [0, 0.05) is 11.1 Å². The Labute approximate surface area is 205 Å². The molecule has 0 spiro atoms. The molecule has 1 aliphatic carbocycles. The van der Waals surface area contributed by atoms with E-state index in [9.17, 15) is 17.6 Å². The molecule has 3 aromatic carbocycles. The van der Waals surface area contributed by atoms with Crippen molar-refractivity contribution in [3.05, 3.63) is 82.4 Å². The molecule has 0 radical (unpaired) electrons. The first-order valence-electron chi connectivity index (χ1n) is 12.0. The van der Waals surface area contributed by atoms with Gasteiger partial charge in [-0.1, -0.05) is 18.2 Å². The van der Waals surface area contributed by atoms with Crippen LogP contribution in [0.5, 0.6) is 11.5 Å². The van der Waals surface area contributed by atoms with Crippen molar-refractivity contribution in [1.82, 2.24) is 0 Å². The summed E-state index contributed by atoms with van der Waals surface area (Å²) >= 11 is 0. The number of hydrogen-bond acceptors (Lipinski definition) is 2. The third-order valence-electron chi connectivity index (χ3n) is 6.73. The van der Waals surface area contributed by atoms with E-state index in [1.165, 1.54) is 30.3 Å². The van der Waals surface area contributed by atoms with Gasteiger partial charge in [-0.2, -0.15) is 8.78 Å². The minimum absolute atomic E-state index is 0.121. The van der Waals surface area contributed by atoms with Crippen LogP contribution in [0, 0.1) is 34.9 Å². The normalized spacial score (nSPS) is 17.8. The maximum atomic E-state index is 15.1. The number of hydrogen-bond donors (Lipinski definition) is 0. The fraction of sp³-hybridized carbons (Fsp3) is 0.357. The van der Waals surface area contributed by atoms with Crippen LogP contribution >= 0.6 is 0 Å². The topological polar surface area (TPSA) is 18.5 Å². The van der Waals surface area contributed by atoms with Crippen molar-refractivity contribution in [2.24, 2.45) is 0 Å². The van der Waals surface area contributed by atoms with Gasteiger partial charge in [0.2, 0.25) is 11.6 Å². The zero-order chi connectivity index (χ0) is 26.0. The van der Waals surface area contributed by atoms with Crippen molar-refractivity contribution in [3.63, 3.8) is 0 Å². The Kier molecular flexibility index (Phi) is 7.81. The fourth-order valence-electron chi connectivity index (χ4n) is 4.94. The molecule has 2 nitrogen and oxygen atoms in total. The summed E-state index contributed by atoms with van der Waals surface area (Å²) in [7, 11) is 0. The molecule has 4 rings (SSSR count). The number of halogens is 6. The molecule has 1 saturated carbocycles. The van der Waals surface area contributed by atoms with E-state index in [1.54, 1.807) is 13.8 Å². The van der Waals surface area contributed by atoms with E-state index in [4.69, 9.17) is 9.47 Å². The molecule has 1 fully saturated rings. The summed E-state index contributed by atoms with van der Waals surface area (Å²) < 4.78 is 97.9. The van der Waals surface area contributed by atoms with Crippen LogP contribution in [-0.4, -0.2) is 13.2 Å². The smallest absolute Gasteiger partial charge is 0.201 e. The van der Waals surface area contributed by atoms with Gasteiger partial charge in [0.25, 0.3) is 0 Å². The summed E-state index contributed by atoms with van der Waals surface area (Å²) in [6.45, 7) is 3.62. The molecule has 0 heterocycles. The van der Waals surface area contributed by atoms with E-state index in [-0.39, 0.29) is 47.7 Å². The van der Waals surface area contributed by atoms with E-state index in [0.29, 0.717) is 25.7 Å². The highest BCUT2D eigenvalue weighted by Gasteiger charge is 2.30. The summed E-state index contributed by atoms with van der Waals surface area (Å²) in [5.41, 5.74) is -0.434. The molecule has 0 aliphatic heterocycles. The molecule has 8 heteroatoms. The van der Waals surface area contributed by atoms with Crippen molar-refractivity contribution in [2.75, 3.05) is 13.2 Å². The molecular weight excluding hydrogens is 482 g/mol. The van der Waals surface area contributed by atoms with Gasteiger partial charge in [0.15, 0.2) is 34.8 Å². The first-order valence-corrected chi connectivity index (χ1v) is 12.0. The van der Waals surface area contributed by atoms with E-state index in [0.717, 1.165) is 6.07 Å². The maximum Gasteiger partial charge on any atom is 0.201 e. The Bertz CT molecular complexity index is 1250. The number of benzene rings is 3. The predicted molar refractivity (Wildman–Crippen MR) is 124 cm³/mol. The van der Waals surface area contributed by atoms with Crippen molar-refractivity contribution >= 4 is 0 Å². The zero-order valence-corrected chi connectivity index (χ0v) is 19.9. The van der Waals surface area contributed by atoms with Gasteiger partial charge in [-0.15, -0.1) is 0 Å². The molecule has 1 aliphatic rings. The molecule has 0 bridgehead atoms. The minimum atomic E-state index is -1.32. The first kappa shape index (κ1) is 25.9. The molecule has 192 valence electrons. The quantitative estimate of drug-likeness (QED) is 0.298. The molecule has 3 aromatic rings. The van der Waals surface area contributed by atoms with Crippen LogP contribution in [0.15, 0.2) is 36.4 Å². The highest BCUT2D eigenvalue weighted by atomic mass is 19.2. The lowest BCUT2D eigenvalue weighted by Gasteiger charge is -2.30. The second kappa shape index (κ2) is 10.8. The summed E-state index contributed by atoms with van der Waals surface area (Å²) in [5, 5.41) is 0. The molecule has 0 saturated heterocycles. The molecule has 0 amide bonds. The molecule has 36 heavy (non-hydrogen) atoms. The minimum Gasteiger partial charge on any atom is -0.491 e. The fourth-order valence-corrected chi connectivity index (χ4v) is 4.94. The van der Waals surface area contributed by atoms with Gasteiger partial charge < -0.3 is 9.47 Å². The van der Waals surface area contributed by atoms with Crippen molar-refractivity contribution in [3.8, 4) is 22.6 Å². The molecule has 0 unspecified atom stereocenters.